The normalized spacial score (nSPS) is 22.8. The van der Waals surface area contributed by atoms with Crippen LogP contribution in [0.25, 0.3) is 0 Å². The Bertz CT molecular complexity index is 433. The van der Waals surface area contributed by atoms with Crippen LogP contribution in [-0.4, -0.2) is 6.04 Å². The maximum Gasteiger partial charge on any atom is 0.0377 e. The second kappa shape index (κ2) is 6.65. The molecule has 1 aromatic carbocycles. The average molecular weight is 273 g/mol. The van der Waals surface area contributed by atoms with E-state index in [1.54, 1.807) is 0 Å². The van der Waals surface area contributed by atoms with Gasteiger partial charge >= 0.3 is 0 Å². The summed E-state index contributed by atoms with van der Waals surface area (Å²) in [4.78, 5) is 0. The van der Waals surface area contributed by atoms with Crippen molar-refractivity contribution in [3.63, 3.8) is 0 Å². The lowest BCUT2D eigenvalue weighted by atomic mass is 9.93. The molecule has 1 aliphatic rings. The van der Waals surface area contributed by atoms with Crippen molar-refractivity contribution in [2.75, 3.05) is 5.32 Å². The molecule has 0 bridgehead atoms. The summed E-state index contributed by atoms with van der Waals surface area (Å²) < 4.78 is 0. The highest BCUT2D eigenvalue weighted by molar-refractivity contribution is 5.55. The van der Waals surface area contributed by atoms with E-state index in [0.717, 1.165) is 5.92 Å². The van der Waals surface area contributed by atoms with E-state index < -0.39 is 0 Å². The molecule has 0 heterocycles. The van der Waals surface area contributed by atoms with E-state index in [4.69, 9.17) is 0 Å². The predicted octanol–water partition coefficient (Wildman–Crippen LogP) is 5.92. The van der Waals surface area contributed by atoms with Crippen molar-refractivity contribution in [1.29, 1.82) is 0 Å². The monoisotopic (exact) mass is 273 g/mol. The van der Waals surface area contributed by atoms with Gasteiger partial charge in [-0.3, -0.25) is 0 Å². The molecule has 1 saturated carbocycles. The fourth-order valence-corrected chi connectivity index (χ4v) is 3.46. The highest BCUT2D eigenvalue weighted by Crippen LogP contribution is 2.34. The van der Waals surface area contributed by atoms with Crippen LogP contribution >= 0.6 is 0 Å². The van der Waals surface area contributed by atoms with E-state index in [0.29, 0.717) is 17.9 Å². The summed E-state index contributed by atoms with van der Waals surface area (Å²) in [6.07, 6.45) is 5.42. The Balaban J connectivity index is 2.22. The molecule has 0 spiro atoms. The van der Waals surface area contributed by atoms with E-state index in [2.05, 4.69) is 58.1 Å². The molecule has 1 nitrogen and oxygen atoms in total. The molecule has 0 amide bonds. The molecule has 2 unspecified atom stereocenters. The molecule has 20 heavy (non-hydrogen) atoms. The zero-order chi connectivity index (χ0) is 14.7. The lowest BCUT2D eigenvalue weighted by molar-refractivity contribution is 0.488. The number of benzene rings is 1. The maximum absolute atomic E-state index is 3.86. The smallest absolute Gasteiger partial charge is 0.0377 e. The maximum atomic E-state index is 3.86. The quantitative estimate of drug-likeness (QED) is 0.701. The summed E-state index contributed by atoms with van der Waals surface area (Å²) in [5, 5.41) is 3.86. The van der Waals surface area contributed by atoms with E-state index in [-0.39, 0.29) is 0 Å². The van der Waals surface area contributed by atoms with Crippen LogP contribution in [0.15, 0.2) is 18.2 Å². The van der Waals surface area contributed by atoms with Gasteiger partial charge in [0.05, 0.1) is 0 Å². The largest absolute Gasteiger partial charge is 0.382 e. The van der Waals surface area contributed by atoms with Crippen molar-refractivity contribution < 1.29 is 0 Å². The molecule has 1 aromatic rings. The Hall–Kier alpha value is -0.980. The van der Waals surface area contributed by atoms with Crippen molar-refractivity contribution in [1.82, 2.24) is 0 Å². The fraction of sp³-hybridized carbons (Fsp3) is 0.684. The van der Waals surface area contributed by atoms with Gasteiger partial charge in [-0.25, -0.2) is 0 Å². The van der Waals surface area contributed by atoms with Crippen LogP contribution in [0.2, 0.25) is 0 Å². The van der Waals surface area contributed by atoms with Crippen molar-refractivity contribution in [2.24, 2.45) is 5.92 Å². The summed E-state index contributed by atoms with van der Waals surface area (Å²) >= 11 is 0. The molecule has 1 aliphatic carbocycles. The second-order valence-electron chi connectivity index (χ2n) is 7.01. The Morgan fingerprint density at radius 3 is 2.45 bits per heavy atom. The van der Waals surface area contributed by atoms with Crippen molar-refractivity contribution in [3.8, 4) is 0 Å². The average Bonchev–Trinajstić information content (AvgIpc) is 2.85. The standard InChI is InChI=1S/C19H31N/c1-6-15-8-7-9-18(15)20-19-11-10-16(13(2)3)12-17(19)14(4)5/h10-15,18,20H,6-9H2,1-5H3. The van der Waals surface area contributed by atoms with Gasteiger partial charge in [-0.1, -0.05) is 59.6 Å². The van der Waals surface area contributed by atoms with Crippen LogP contribution in [0.4, 0.5) is 5.69 Å². The molecular formula is C19H31N. The highest BCUT2D eigenvalue weighted by atomic mass is 14.9. The molecule has 2 rings (SSSR count). The van der Waals surface area contributed by atoms with Crippen LogP contribution in [0.3, 0.4) is 0 Å². The van der Waals surface area contributed by atoms with Crippen LogP contribution < -0.4 is 5.32 Å². The Morgan fingerprint density at radius 1 is 1.10 bits per heavy atom. The van der Waals surface area contributed by atoms with E-state index in [1.807, 2.05) is 0 Å². The minimum absolute atomic E-state index is 0.581. The SMILES string of the molecule is CCC1CCCC1Nc1ccc(C(C)C)cc1C(C)C. The van der Waals surface area contributed by atoms with Crippen LogP contribution in [0.1, 0.15) is 83.3 Å². The molecule has 0 saturated heterocycles. The molecular weight excluding hydrogens is 242 g/mol. The first kappa shape index (κ1) is 15.4. The van der Waals surface area contributed by atoms with Crippen molar-refractivity contribution in [2.45, 2.75) is 78.2 Å². The summed E-state index contributed by atoms with van der Waals surface area (Å²) in [5.74, 6) is 2.05. The van der Waals surface area contributed by atoms with Crippen LogP contribution in [-0.2, 0) is 0 Å². The summed E-state index contributed by atoms with van der Waals surface area (Å²) in [6, 6.07) is 7.71. The van der Waals surface area contributed by atoms with Gasteiger partial charge in [0, 0.05) is 11.7 Å². The predicted molar refractivity (Wildman–Crippen MR) is 89.7 cm³/mol. The first-order chi connectivity index (χ1) is 9.52. The summed E-state index contributed by atoms with van der Waals surface area (Å²) in [6.45, 7) is 11.5. The van der Waals surface area contributed by atoms with Gasteiger partial charge < -0.3 is 5.32 Å². The Labute approximate surface area is 125 Å². The minimum atomic E-state index is 0.581. The minimum Gasteiger partial charge on any atom is -0.382 e. The lowest BCUT2D eigenvalue weighted by Crippen LogP contribution is -2.24. The van der Waals surface area contributed by atoms with Gasteiger partial charge in [-0.2, -0.15) is 0 Å². The topological polar surface area (TPSA) is 12.0 Å². The number of rotatable bonds is 5. The lowest BCUT2D eigenvalue weighted by Gasteiger charge is -2.24. The summed E-state index contributed by atoms with van der Waals surface area (Å²) in [5.41, 5.74) is 4.31. The van der Waals surface area contributed by atoms with E-state index in [9.17, 15) is 0 Å². The van der Waals surface area contributed by atoms with Gasteiger partial charge in [0.2, 0.25) is 0 Å². The first-order valence-corrected chi connectivity index (χ1v) is 8.43. The molecule has 1 N–H and O–H groups in total. The Kier molecular flexibility index (Phi) is 5.12. The highest BCUT2D eigenvalue weighted by Gasteiger charge is 2.26. The number of hydrogen-bond donors (Lipinski definition) is 1. The molecule has 2 atom stereocenters. The molecule has 0 aliphatic heterocycles. The van der Waals surface area contributed by atoms with Crippen molar-refractivity contribution >= 4 is 5.69 Å². The zero-order valence-corrected chi connectivity index (χ0v) is 13.9. The number of nitrogens with one attached hydrogen (secondary N) is 1. The van der Waals surface area contributed by atoms with Gasteiger partial charge in [0.25, 0.3) is 0 Å². The van der Waals surface area contributed by atoms with Gasteiger partial charge in [0.15, 0.2) is 0 Å². The van der Waals surface area contributed by atoms with Crippen molar-refractivity contribution in [3.05, 3.63) is 29.3 Å². The summed E-state index contributed by atoms with van der Waals surface area (Å²) in [7, 11) is 0. The molecule has 112 valence electrons. The first-order valence-electron chi connectivity index (χ1n) is 8.43. The fourth-order valence-electron chi connectivity index (χ4n) is 3.46. The molecule has 1 fully saturated rings. The third-order valence-corrected chi connectivity index (χ3v) is 4.89. The van der Waals surface area contributed by atoms with Gasteiger partial charge in [-0.15, -0.1) is 0 Å². The Morgan fingerprint density at radius 2 is 1.85 bits per heavy atom. The number of hydrogen-bond acceptors (Lipinski definition) is 1. The third-order valence-electron chi connectivity index (χ3n) is 4.89. The second-order valence-corrected chi connectivity index (χ2v) is 7.01. The molecule has 0 radical (unpaired) electrons. The van der Waals surface area contributed by atoms with Crippen LogP contribution in [0.5, 0.6) is 0 Å². The zero-order valence-electron chi connectivity index (χ0n) is 13.9. The van der Waals surface area contributed by atoms with E-state index in [1.165, 1.54) is 42.5 Å². The number of anilines is 1. The third kappa shape index (κ3) is 3.37. The van der Waals surface area contributed by atoms with E-state index >= 15 is 0 Å². The van der Waals surface area contributed by atoms with Gasteiger partial charge in [-0.05, 0) is 47.8 Å². The van der Waals surface area contributed by atoms with Crippen LogP contribution in [0, 0.1) is 5.92 Å². The molecule has 1 heteroatoms. The molecule has 0 aromatic heterocycles. The van der Waals surface area contributed by atoms with Gasteiger partial charge in [0.1, 0.15) is 0 Å².